The molecule has 23 nitrogen and oxygen atoms in total. The van der Waals surface area contributed by atoms with Gasteiger partial charge < -0.3 is 57.8 Å². The number of nitrogens with zero attached hydrogens (tertiary/aromatic N) is 3. The number of carboxylic acid groups (broad SMARTS) is 1. The van der Waals surface area contributed by atoms with Gasteiger partial charge in [0.15, 0.2) is 23.7 Å². The first kappa shape index (κ1) is 79.2. The summed E-state index contributed by atoms with van der Waals surface area (Å²) in [7, 11) is -5.83. The van der Waals surface area contributed by atoms with Crippen LogP contribution in [0.1, 0.15) is 31.1 Å². The van der Waals surface area contributed by atoms with E-state index < -0.39 is 49.2 Å². The van der Waals surface area contributed by atoms with Crippen molar-refractivity contribution in [2.45, 2.75) is 11.0 Å². The molecular formula is C72H63F6N3O20S2. The van der Waals surface area contributed by atoms with Crippen molar-refractivity contribution >= 4 is 104 Å². The van der Waals surface area contributed by atoms with Crippen molar-refractivity contribution in [2.24, 2.45) is 7.05 Å². The number of carboxylic acids is 1. The van der Waals surface area contributed by atoms with Crippen LogP contribution in [0.4, 0.5) is 26.3 Å². The molecule has 12 rings (SSSR count). The molecule has 0 radical (unpaired) electrons. The van der Waals surface area contributed by atoms with Gasteiger partial charge in [-0.1, -0.05) is 103 Å². The molecular weight excluding hydrogens is 1400 g/mol. The molecule has 0 fully saturated rings. The largest absolute Gasteiger partial charge is 0.741 e. The number of carbonyl (C=O) groups is 3. The average molecular weight is 1470 g/mol. The summed E-state index contributed by atoms with van der Waals surface area (Å²) in [6, 6.07) is 64.7. The molecule has 3 N–H and O–H groups in total. The molecule has 0 spiro atoms. The number of para-hydroxylation sites is 6. The van der Waals surface area contributed by atoms with E-state index in [2.05, 4.69) is 14.2 Å². The van der Waals surface area contributed by atoms with E-state index in [-0.39, 0.29) is 24.9 Å². The van der Waals surface area contributed by atoms with Crippen LogP contribution in [0, 0.1) is 0 Å². The van der Waals surface area contributed by atoms with E-state index in [9.17, 15) is 59.4 Å². The van der Waals surface area contributed by atoms with Gasteiger partial charge in [0.2, 0.25) is 11.0 Å². The number of hydrogen-bond acceptors (Lipinski definition) is 21. The topological polar surface area (TPSA) is 316 Å². The normalized spacial score (nSPS) is 11.3. The second-order valence-corrected chi connectivity index (χ2v) is 23.9. The van der Waals surface area contributed by atoms with Gasteiger partial charge in [0.25, 0.3) is 0 Å². The van der Waals surface area contributed by atoms with E-state index in [0.29, 0.717) is 112 Å². The number of ether oxygens (including phenoxy) is 8. The van der Waals surface area contributed by atoms with Crippen molar-refractivity contribution in [3.63, 3.8) is 0 Å². The lowest BCUT2D eigenvalue weighted by Crippen LogP contribution is -2.31. The molecule has 0 amide bonds. The fourth-order valence-corrected chi connectivity index (χ4v) is 9.49. The number of rotatable bonds is 18. The third kappa shape index (κ3) is 22.2. The number of methoxy groups -OCH3 is 2. The number of esters is 2. The van der Waals surface area contributed by atoms with Crippen LogP contribution >= 0.6 is 0 Å². The van der Waals surface area contributed by atoms with Gasteiger partial charge in [-0.05, 0) is 103 Å². The summed E-state index contributed by atoms with van der Waals surface area (Å²) in [5, 5.41) is 32.2. The molecule has 0 bridgehead atoms. The van der Waals surface area contributed by atoms with E-state index in [1.807, 2.05) is 115 Å². The minimum atomic E-state index is -6.09. The highest BCUT2D eigenvalue weighted by atomic mass is 32.2. The second-order valence-electron chi connectivity index (χ2n) is 20.9. The highest BCUT2D eigenvalue weighted by molar-refractivity contribution is 7.87. The van der Waals surface area contributed by atoms with Crippen molar-refractivity contribution in [1.82, 2.24) is 9.97 Å². The SMILES string of the molecule is COCCOCOc1ccc2nc3ccccc3c(C(=O)O)c2c1.COCCOCOc1ccc2nc3ccccc3c(C(=O)Oc3ccccc3)c2c1.COS(=O)(=O)C(F)(F)F.C[n+]1c2ccccc2c(C(=O)Oc2ccccc2)c2cc(O)ccc21.O=S(=O)([O-])C(F)(F)F.Oc1ccccc1. The minimum absolute atomic E-state index is 0.0677. The summed E-state index contributed by atoms with van der Waals surface area (Å²) in [5.41, 5.74) is -5.40. The molecule has 31 heteroatoms. The van der Waals surface area contributed by atoms with Gasteiger partial charge in [0.1, 0.15) is 41.5 Å². The number of benzene rings is 9. The first-order valence-corrected chi connectivity index (χ1v) is 32.9. The number of aryl methyl sites for hydroxylation is 1. The number of aromatic carboxylic acids is 1. The van der Waals surface area contributed by atoms with Crippen LogP contribution in [0.25, 0.3) is 65.4 Å². The molecule has 0 aliphatic rings. The predicted octanol–water partition coefficient (Wildman–Crippen LogP) is 13.4. The Labute approximate surface area is 584 Å². The fraction of sp³-hybridized carbons (Fsp3) is 0.167. The summed E-state index contributed by atoms with van der Waals surface area (Å²) < 4.78 is 160. The fourth-order valence-electron chi connectivity index (χ4n) is 9.30. The Balaban J connectivity index is 0.000000187. The number of pyridine rings is 3. The smallest absolute Gasteiger partial charge is 0.523 e. The van der Waals surface area contributed by atoms with Crippen LogP contribution in [0.3, 0.4) is 0 Å². The molecule has 0 aliphatic heterocycles. The lowest BCUT2D eigenvalue weighted by atomic mass is 10.0. The Morgan fingerprint density at radius 1 is 0.437 bits per heavy atom. The van der Waals surface area contributed by atoms with Gasteiger partial charge in [-0.25, -0.2) is 32.8 Å². The number of halogens is 6. The number of hydrogen-bond donors (Lipinski definition) is 3. The Morgan fingerprint density at radius 3 is 1.23 bits per heavy atom. The van der Waals surface area contributed by atoms with E-state index in [4.69, 9.17) is 56.0 Å². The summed E-state index contributed by atoms with van der Waals surface area (Å²) in [6.07, 6.45) is 0. The molecule has 0 atom stereocenters. The zero-order valence-corrected chi connectivity index (χ0v) is 56.4. The van der Waals surface area contributed by atoms with Gasteiger partial charge in [-0.2, -0.15) is 39.3 Å². The molecule has 0 aliphatic carbocycles. The Morgan fingerprint density at radius 2 is 0.825 bits per heavy atom. The zero-order chi connectivity index (χ0) is 74.9. The molecule has 0 saturated carbocycles. The Bertz CT molecular complexity index is 5110. The molecule has 0 saturated heterocycles. The lowest BCUT2D eigenvalue weighted by Gasteiger charge is -2.12. The zero-order valence-electron chi connectivity index (χ0n) is 54.7. The van der Waals surface area contributed by atoms with Crippen molar-refractivity contribution in [3.05, 3.63) is 235 Å². The van der Waals surface area contributed by atoms with Crippen LogP contribution < -0.4 is 23.5 Å². The molecule has 0 unspecified atom stereocenters. The monoisotopic (exact) mass is 1470 g/mol. The first-order valence-electron chi connectivity index (χ1n) is 30.1. The third-order valence-corrected chi connectivity index (χ3v) is 15.6. The van der Waals surface area contributed by atoms with Gasteiger partial charge in [-0.3, -0.25) is 4.18 Å². The first-order chi connectivity index (χ1) is 49.1. The maximum Gasteiger partial charge on any atom is 0.523 e. The molecule has 12 aromatic rings. The summed E-state index contributed by atoms with van der Waals surface area (Å²) in [4.78, 5) is 47.1. The highest BCUT2D eigenvalue weighted by Gasteiger charge is 2.46. The molecule has 9 aromatic carbocycles. The number of phenols is 2. The summed E-state index contributed by atoms with van der Waals surface area (Å²) >= 11 is 0. The van der Waals surface area contributed by atoms with Crippen LogP contribution in [0.15, 0.2) is 218 Å². The van der Waals surface area contributed by atoms with E-state index in [1.54, 1.807) is 129 Å². The van der Waals surface area contributed by atoms with Crippen LogP contribution in [0.5, 0.6) is 34.5 Å². The van der Waals surface area contributed by atoms with Crippen LogP contribution in [-0.4, -0.2) is 137 Å². The average Bonchev–Trinajstić information content (AvgIpc) is 0.775. The van der Waals surface area contributed by atoms with Gasteiger partial charge in [0.05, 0.1) is 83.1 Å². The number of alkyl halides is 6. The number of aromatic nitrogens is 3. The third-order valence-electron chi connectivity index (χ3n) is 14.0. The van der Waals surface area contributed by atoms with Crippen molar-refractivity contribution in [3.8, 4) is 34.5 Å². The highest BCUT2D eigenvalue weighted by Crippen LogP contribution is 2.33. The lowest BCUT2D eigenvalue weighted by molar-refractivity contribution is -0.617. The maximum absolute atomic E-state index is 13.2. The quantitative estimate of drug-likeness (QED) is 0.00686. The molecule has 540 valence electrons. The van der Waals surface area contributed by atoms with Crippen molar-refractivity contribution in [1.29, 1.82) is 0 Å². The standard InChI is InChI=1S/C24H21NO5.C21H15NO3.C18H17NO5.C6H6O.C2H3F3O3S.CHF3O3S/c1-27-13-14-28-16-29-18-11-12-22-20(15-18)23(19-9-5-6-10-21(19)25-22)24(26)30-17-7-3-2-4-8-17;1-22-18-10-6-5-9-16(18)20(17-13-14(23)11-12-19(17)22)21(24)25-15-7-3-2-4-8-15;1-22-8-9-23-11-24-12-6-7-16-14(10-12)17(18(20)21)13-4-2-3-5-15(13)19-16;7-6-4-2-1-3-5-6;1-8-9(6,7)2(3,4)5;2-1(3,4)8(5,6)7/h2-12,15H,13-14,16H2,1H3;2-13H,1H3;2-7,10H,8-9,11H2,1H3,(H,20,21);1-5,7H;1H3;(H,5,6,7). The van der Waals surface area contributed by atoms with Gasteiger partial charge in [-0.15, -0.1) is 0 Å². The van der Waals surface area contributed by atoms with E-state index in [1.165, 1.54) is 0 Å². The predicted molar refractivity (Wildman–Crippen MR) is 365 cm³/mol. The molecule has 103 heavy (non-hydrogen) atoms. The number of phenolic OH excluding ortho intramolecular Hbond substituents is 2. The number of aromatic hydroxyl groups is 2. The maximum atomic E-state index is 13.2. The van der Waals surface area contributed by atoms with Crippen molar-refractivity contribution < 1.29 is 124 Å². The second kappa shape index (κ2) is 37.0. The Kier molecular flexibility index (Phi) is 28.4. The molecule has 3 heterocycles. The minimum Gasteiger partial charge on any atom is -0.741 e. The van der Waals surface area contributed by atoms with Gasteiger partial charge >= 0.3 is 39.0 Å². The van der Waals surface area contributed by atoms with E-state index in [0.717, 1.165) is 27.3 Å². The number of carbonyl (C=O) groups excluding carboxylic acids is 2. The van der Waals surface area contributed by atoms with E-state index >= 15 is 0 Å². The van der Waals surface area contributed by atoms with Crippen LogP contribution in [0.2, 0.25) is 0 Å². The summed E-state index contributed by atoms with van der Waals surface area (Å²) in [6.45, 7) is 1.99. The van der Waals surface area contributed by atoms with Gasteiger partial charge in [0, 0.05) is 47.9 Å². The van der Waals surface area contributed by atoms with Crippen LogP contribution in [-0.2, 0) is 50.4 Å². The Hall–Kier alpha value is -11.2. The molecule has 3 aromatic heterocycles. The summed E-state index contributed by atoms with van der Waals surface area (Å²) in [5.74, 6) is 0.613. The number of fused-ring (bicyclic) bond motifs is 6. The van der Waals surface area contributed by atoms with Crippen molar-refractivity contribution in [2.75, 3.05) is 61.3 Å².